The number of rotatable bonds is 0. The first-order valence-corrected chi connectivity index (χ1v) is 6.73. The Balaban J connectivity index is 3.46. The van der Waals surface area contributed by atoms with Gasteiger partial charge in [-0.25, -0.2) is 9.97 Å². The van der Waals surface area contributed by atoms with E-state index in [0.29, 0.717) is 5.15 Å². The fraction of sp³-hybridized carbons (Fsp3) is 0.667. The predicted molar refractivity (Wildman–Crippen MR) is 77.2 cm³/mol. The largest absolute Gasteiger partial charge is 0.236 e. The first kappa shape index (κ1) is 14.2. The molecule has 1 rings (SSSR count). The lowest BCUT2D eigenvalue weighted by atomic mass is 9.90. The van der Waals surface area contributed by atoms with Crippen molar-refractivity contribution < 1.29 is 0 Å². The quantitative estimate of drug-likeness (QED) is 0.513. The fourth-order valence-corrected chi connectivity index (χ4v) is 2.47. The van der Waals surface area contributed by atoms with Crippen LogP contribution in [0.25, 0.3) is 0 Å². The Morgan fingerprint density at radius 3 is 1.81 bits per heavy atom. The standard InChI is InChI=1S/C12H18ClIN2/c1-11(2,3)8-7(14)9(13)16-10(15-8)12(4,5)6/h1-6H3. The van der Waals surface area contributed by atoms with Crippen molar-refractivity contribution in [2.24, 2.45) is 0 Å². The molecule has 0 amide bonds. The van der Waals surface area contributed by atoms with Gasteiger partial charge in [0.1, 0.15) is 11.0 Å². The minimum Gasteiger partial charge on any atom is -0.236 e. The van der Waals surface area contributed by atoms with E-state index in [1.807, 2.05) is 0 Å². The molecule has 90 valence electrons. The number of halogens is 2. The zero-order valence-corrected chi connectivity index (χ0v) is 13.6. The van der Waals surface area contributed by atoms with Gasteiger partial charge >= 0.3 is 0 Å². The molecule has 0 aliphatic rings. The fourth-order valence-electron chi connectivity index (χ4n) is 1.25. The molecule has 0 radical (unpaired) electrons. The van der Waals surface area contributed by atoms with Crippen LogP contribution in [0.3, 0.4) is 0 Å². The van der Waals surface area contributed by atoms with E-state index in [9.17, 15) is 0 Å². The van der Waals surface area contributed by atoms with Crippen LogP contribution in [0.5, 0.6) is 0 Å². The summed E-state index contributed by atoms with van der Waals surface area (Å²) in [4.78, 5) is 9.04. The normalized spacial score (nSPS) is 13.0. The Morgan fingerprint density at radius 1 is 0.938 bits per heavy atom. The third-order valence-electron chi connectivity index (χ3n) is 2.19. The molecule has 0 atom stereocenters. The summed E-state index contributed by atoms with van der Waals surface area (Å²) in [6.45, 7) is 12.7. The Labute approximate surface area is 116 Å². The maximum Gasteiger partial charge on any atom is 0.146 e. The highest BCUT2D eigenvalue weighted by Gasteiger charge is 2.26. The Kier molecular flexibility index (Phi) is 3.90. The minimum absolute atomic E-state index is 0.0108. The van der Waals surface area contributed by atoms with Gasteiger partial charge in [-0.3, -0.25) is 0 Å². The molecule has 0 aliphatic carbocycles. The molecule has 0 saturated carbocycles. The topological polar surface area (TPSA) is 25.8 Å². The van der Waals surface area contributed by atoms with E-state index < -0.39 is 0 Å². The van der Waals surface area contributed by atoms with Gasteiger partial charge in [-0.15, -0.1) is 0 Å². The van der Waals surface area contributed by atoms with E-state index in [4.69, 9.17) is 11.6 Å². The monoisotopic (exact) mass is 352 g/mol. The van der Waals surface area contributed by atoms with Crippen molar-refractivity contribution in [2.45, 2.75) is 52.4 Å². The van der Waals surface area contributed by atoms with Crippen LogP contribution >= 0.6 is 34.2 Å². The summed E-state index contributed by atoms with van der Waals surface area (Å²) in [5.74, 6) is 0.808. The van der Waals surface area contributed by atoms with Gasteiger partial charge in [-0.05, 0) is 22.6 Å². The second-order valence-electron chi connectivity index (χ2n) is 6.00. The van der Waals surface area contributed by atoms with Crippen LogP contribution in [0.2, 0.25) is 5.15 Å². The van der Waals surface area contributed by atoms with Crippen molar-refractivity contribution in [3.05, 3.63) is 20.2 Å². The molecule has 0 spiro atoms. The van der Waals surface area contributed by atoms with Gasteiger partial charge in [0.25, 0.3) is 0 Å². The smallest absolute Gasteiger partial charge is 0.146 e. The lowest BCUT2D eigenvalue weighted by molar-refractivity contribution is 0.510. The van der Waals surface area contributed by atoms with Crippen molar-refractivity contribution in [2.75, 3.05) is 0 Å². The van der Waals surface area contributed by atoms with Crippen molar-refractivity contribution >= 4 is 34.2 Å². The Hall–Kier alpha value is 0.1000. The highest BCUT2D eigenvalue weighted by atomic mass is 127. The van der Waals surface area contributed by atoms with E-state index in [1.165, 1.54) is 0 Å². The lowest BCUT2D eigenvalue weighted by Gasteiger charge is -2.24. The SMILES string of the molecule is CC(C)(C)c1nc(Cl)c(I)c(C(C)(C)C)n1. The van der Waals surface area contributed by atoms with Gasteiger partial charge in [0.05, 0.1) is 9.26 Å². The highest BCUT2D eigenvalue weighted by Crippen LogP contribution is 2.31. The summed E-state index contributed by atoms with van der Waals surface area (Å²) >= 11 is 8.39. The van der Waals surface area contributed by atoms with Crippen molar-refractivity contribution in [3.63, 3.8) is 0 Å². The van der Waals surface area contributed by atoms with E-state index in [-0.39, 0.29) is 10.8 Å². The first-order valence-electron chi connectivity index (χ1n) is 5.27. The number of nitrogens with zero attached hydrogens (tertiary/aromatic N) is 2. The lowest BCUT2D eigenvalue weighted by Crippen LogP contribution is -2.23. The van der Waals surface area contributed by atoms with Crippen molar-refractivity contribution in [1.29, 1.82) is 0 Å². The molecule has 1 heterocycles. The molecule has 0 aliphatic heterocycles. The number of hydrogen-bond donors (Lipinski definition) is 0. The van der Waals surface area contributed by atoms with Gasteiger partial charge in [0.2, 0.25) is 0 Å². The summed E-state index contributed by atoms with van der Waals surface area (Å²) in [7, 11) is 0. The molecule has 4 heteroatoms. The summed E-state index contributed by atoms with van der Waals surface area (Å²) in [5, 5.41) is 0.561. The van der Waals surface area contributed by atoms with Crippen LogP contribution in [-0.2, 0) is 10.8 Å². The molecule has 0 fully saturated rings. The first-order chi connectivity index (χ1) is 7.03. The van der Waals surface area contributed by atoms with Gasteiger partial charge in [-0.1, -0.05) is 53.1 Å². The molecule has 0 unspecified atom stereocenters. The molecule has 1 aromatic heterocycles. The van der Waals surface area contributed by atoms with Gasteiger partial charge < -0.3 is 0 Å². The molecule has 16 heavy (non-hydrogen) atoms. The molecular formula is C12H18ClIN2. The van der Waals surface area contributed by atoms with Crippen LogP contribution in [0.4, 0.5) is 0 Å². The van der Waals surface area contributed by atoms with E-state index in [1.54, 1.807) is 0 Å². The van der Waals surface area contributed by atoms with Crippen LogP contribution in [0, 0.1) is 3.57 Å². The summed E-state index contributed by atoms with van der Waals surface area (Å²) in [6.07, 6.45) is 0. The zero-order valence-electron chi connectivity index (χ0n) is 10.7. The molecule has 0 aromatic carbocycles. The van der Waals surface area contributed by atoms with E-state index >= 15 is 0 Å². The third kappa shape index (κ3) is 3.06. The highest BCUT2D eigenvalue weighted by molar-refractivity contribution is 14.1. The third-order valence-corrected chi connectivity index (χ3v) is 3.81. The van der Waals surface area contributed by atoms with E-state index in [0.717, 1.165) is 15.1 Å². The Morgan fingerprint density at radius 2 is 1.44 bits per heavy atom. The molecule has 0 saturated heterocycles. The van der Waals surface area contributed by atoms with E-state index in [2.05, 4.69) is 74.1 Å². The molecular weight excluding hydrogens is 335 g/mol. The van der Waals surface area contributed by atoms with Crippen LogP contribution in [0.1, 0.15) is 53.1 Å². The van der Waals surface area contributed by atoms with Crippen LogP contribution in [-0.4, -0.2) is 9.97 Å². The van der Waals surface area contributed by atoms with Crippen LogP contribution < -0.4 is 0 Å². The minimum atomic E-state index is -0.0754. The number of hydrogen-bond acceptors (Lipinski definition) is 2. The van der Waals surface area contributed by atoms with Gasteiger partial charge in [0.15, 0.2) is 0 Å². The molecule has 2 nitrogen and oxygen atoms in total. The molecule has 1 aromatic rings. The van der Waals surface area contributed by atoms with Gasteiger partial charge in [0, 0.05) is 10.8 Å². The Bertz CT molecular complexity index is 403. The average Bonchev–Trinajstić information content (AvgIpc) is 2.05. The van der Waals surface area contributed by atoms with Gasteiger partial charge in [-0.2, -0.15) is 0 Å². The summed E-state index contributed by atoms with van der Waals surface area (Å²) < 4.78 is 0.958. The molecule has 0 N–H and O–H groups in total. The maximum absolute atomic E-state index is 6.17. The maximum atomic E-state index is 6.17. The summed E-state index contributed by atoms with van der Waals surface area (Å²) in [6, 6.07) is 0. The second kappa shape index (κ2) is 4.41. The van der Waals surface area contributed by atoms with Crippen molar-refractivity contribution in [1.82, 2.24) is 9.97 Å². The number of aromatic nitrogens is 2. The molecule has 0 bridgehead atoms. The van der Waals surface area contributed by atoms with Crippen molar-refractivity contribution in [3.8, 4) is 0 Å². The zero-order chi connectivity index (χ0) is 12.7. The summed E-state index contributed by atoms with van der Waals surface area (Å²) in [5.41, 5.74) is 0.940. The predicted octanol–water partition coefficient (Wildman–Crippen LogP) is 4.33. The van der Waals surface area contributed by atoms with Crippen LogP contribution in [0.15, 0.2) is 0 Å². The second-order valence-corrected chi connectivity index (χ2v) is 7.44. The average molecular weight is 353 g/mol.